The van der Waals surface area contributed by atoms with Crippen LogP contribution in [-0.4, -0.2) is 34.3 Å². The monoisotopic (exact) mass is 331 g/mol. The molecule has 24 heavy (non-hydrogen) atoms. The molecule has 2 heterocycles. The van der Waals surface area contributed by atoms with Gasteiger partial charge in [-0.25, -0.2) is 4.99 Å². The zero-order valence-corrected chi connectivity index (χ0v) is 14.4. The van der Waals surface area contributed by atoms with E-state index in [9.17, 15) is 5.11 Å². The van der Waals surface area contributed by atoms with Crippen LogP contribution in [0.4, 0.5) is 0 Å². The van der Waals surface area contributed by atoms with E-state index in [-0.39, 0.29) is 0 Å². The van der Waals surface area contributed by atoms with Crippen molar-refractivity contribution >= 4 is 5.96 Å². The Kier molecular flexibility index (Phi) is 6.74. The zero-order chi connectivity index (χ0) is 17.4. The SMILES string of the molecule is CCNC(=NCc1cc(C(C)C)no1)NCC(O)c1ccncc1. The zero-order valence-electron chi connectivity index (χ0n) is 14.4. The summed E-state index contributed by atoms with van der Waals surface area (Å²) in [4.78, 5) is 8.41. The number of hydrogen-bond acceptors (Lipinski definition) is 5. The molecule has 0 aliphatic rings. The molecule has 0 aromatic carbocycles. The fourth-order valence-corrected chi connectivity index (χ4v) is 2.07. The van der Waals surface area contributed by atoms with Crippen LogP contribution in [-0.2, 0) is 6.54 Å². The number of aromatic nitrogens is 2. The summed E-state index contributed by atoms with van der Waals surface area (Å²) in [5.41, 5.74) is 1.73. The van der Waals surface area contributed by atoms with Gasteiger partial charge < -0.3 is 20.3 Å². The van der Waals surface area contributed by atoms with Gasteiger partial charge in [-0.15, -0.1) is 0 Å². The molecule has 2 aromatic heterocycles. The lowest BCUT2D eigenvalue weighted by Gasteiger charge is -2.15. The maximum atomic E-state index is 10.2. The van der Waals surface area contributed by atoms with Gasteiger partial charge in [-0.3, -0.25) is 4.98 Å². The number of nitrogens with one attached hydrogen (secondary N) is 2. The van der Waals surface area contributed by atoms with Gasteiger partial charge in [-0.2, -0.15) is 0 Å². The Morgan fingerprint density at radius 3 is 2.67 bits per heavy atom. The highest BCUT2D eigenvalue weighted by Crippen LogP contribution is 2.14. The molecule has 0 amide bonds. The van der Waals surface area contributed by atoms with E-state index in [0.717, 1.165) is 17.8 Å². The number of rotatable bonds is 7. The molecule has 0 saturated carbocycles. The summed E-state index contributed by atoms with van der Waals surface area (Å²) in [5.74, 6) is 1.66. The van der Waals surface area contributed by atoms with Crippen LogP contribution in [0.1, 0.15) is 49.8 Å². The first kappa shape index (κ1) is 17.9. The van der Waals surface area contributed by atoms with Crippen LogP contribution >= 0.6 is 0 Å². The molecule has 1 unspecified atom stereocenters. The summed E-state index contributed by atoms with van der Waals surface area (Å²) < 4.78 is 5.28. The van der Waals surface area contributed by atoms with Gasteiger partial charge in [-0.05, 0) is 30.5 Å². The normalized spacial score (nSPS) is 13.1. The van der Waals surface area contributed by atoms with Crippen LogP contribution in [0.2, 0.25) is 0 Å². The Labute approximate surface area is 142 Å². The average Bonchev–Trinajstić information content (AvgIpc) is 3.07. The lowest BCUT2D eigenvalue weighted by molar-refractivity contribution is 0.180. The fraction of sp³-hybridized carbons (Fsp3) is 0.471. The smallest absolute Gasteiger partial charge is 0.191 e. The van der Waals surface area contributed by atoms with Crippen LogP contribution in [0.3, 0.4) is 0 Å². The molecule has 0 fully saturated rings. The van der Waals surface area contributed by atoms with E-state index in [1.54, 1.807) is 24.5 Å². The molecule has 0 aliphatic carbocycles. The second-order valence-electron chi connectivity index (χ2n) is 5.75. The Balaban J connectivity index is 1.92. The molecule has 0 spiro atoms. The van der Waals surface area contributed by atoms with Crippen molar-refractivity contribution in [3.05, 3.63) is 47.6 Å². The molecule has 130 valence electrons. The number of nitrogens with zero attached hydrogens (tertiary/aromatic N) is 3. The molecule has 7 nitrogen and oxygen atoms in total. The standard InChI is InChI=1S/C17H25N5O2/c1-4-19-17(20-10-14-9-15(12(2)3)22-24-14)21-11-16(23)13-5-7-18-8-6-13/h5-9,12,16,23H,4,10-11H2,1-3H3,(H2,19,20,21). The van der Waals surface area contributed by atoms with Gasteiger partial charge in [0.25, 0.3) is 0 Å². The van der Waals surface area contributed by atoms with Gasteiger partial charge in [0, 0.05) is 31.5 Å². The van der Waals surface area contributed by atoms with E-state index in [4.69, 9.17) is 4.52 Å². The lowest BCUT2D eigenvalue weighted by Crippen LogP contribution is -2.39. The van der Waals surface area contributed by atoms with Gasteiger partial charge in [0.1, 0.15) is 6.54 Å². The van der Waals surface area contributed by atoms with Crippen molar-refractivity contribution in [2.45, 2.75) is 39.3 Å². The van der Waals surface area contributed by atoms with Gasteiger partial charge in [0.2, 0.25) is 0 Å². The predicted octanol–water partition coefficient (Wildman–Crippen LogP) is 1.98. The molecule has 7 heteroatoms. The Morgan fingerprint density at radius 2 is 2.04 bits per heavy atom. The van der Waals surface area contributed by atoms with Crippen molar-refractivity contribution in [3.63, 3.8) is 0 Å². The third-order valence-corrected chi connectivity index (χ3v) is 3.46. The number of pyridine rings is 1. The second kappa shape index (κ2) is 9.02. The highest BCUT2D eigenvalue weighted by Gasteiger charge is 2.09. The van der Waals surface area contributed by atoms with Gasteiger partial charge in [0.05, 0.1) is 11.8 Å². The third kappa shape index (κ3) is 5.34. The summed E-state index contributed by atoms with van der Waals surface area (Å²) in [7, 11) is 0. The molecule has 0 radical (unpaired) electrons. The van der Waals surface area contributed by atoms with Crippen molar-refractivity contribution < 1.29 is 9.63 Å². The van der Waals surface area contributed by atoms with Crippen LogP contribution in [0, 0.1) is 0 Å². The minimum atomic E-state index is -0.630. The number of aliphatic hydroxyl groups is 1. The van der Waals surface area contributed by atoms with Gasteiger partial charge >= 0.3 is 0 Å². The molecule has 3 N–H and O–H groups in total. The summed E-state index contributed by atoms with van der Waals surface area (Å²) in [6, 6.07) is 5.50. The maximum Gasteiger partial charge on any atom is 0.191 e. The molecule has 0 aliphatic heterocycles. The Morgan fingerprint density at radius 1 is 1.29 bits per heavy atom. The highest BCUT2D eigenvalue weighted by atomic mass is 16.5. The molecular weight excluding hydrogens is 306 g/mol. The van der Waals surface area contributed by atoms with Gasteiger partial charge in [0.15, 0.2) is 11.7 Å². The summed E-state index contributed by atoms with van der Waals surface area (Å²) in [6.45, 7) is 7.59. The number of hydrogen-bond donors (Lipinski definition) is 3. The van der Waals surface area contributed by atoms with E-state index in [1.807, 2.05) is 13.0 Å². The molecule has 0 bridgehead atoms. The average molecular weight is 331 g/mol. The van der Waals surface area contributed by atoms with E-state index in [1.165, 1.54) is 0 Å². The molecule has 1 atom stereocenters. The molecule has 0 saturated heterocycles. The van der Waals surface area contributed by atoms with E-state index in [0.29, 0.717) is 30.7 Å². The third-order valence-electron chi connectivity index (χ3n) is 3.46. The summed E-state index contributed by atoms with van der Waals surface area (Å²) in [6.07, 6.45) is 2.69. The van der Waals surface area contributed by atoms with E-state index >= 15 is 0 Å². The maximum absolute atomic E-state index is 10.2. The van der Waals surface area contributed by atoms with E-state index in [2.05, 4.69) is 39.6 Å². The molecule has 2 aromatic rings. The lowest BCUT2D eigenvalue weighted by atomic mass is 10.1. The van der Waals surface area contributed by atoms with E-state index < -0.39 is 6.10 Å². The largest absolute Gasteiger partial charge is 0.387 e. The Bertz CT molecular complexity index is 639. The highest BCUT2D eigenvalue weighted by molar-refractivity contribution is 5.79. The van der Waals surface area contributed by atoms with Gasteiger partial charge in [-0.1, -0.05) is 19.0 Å². The van der Waals surface area contributed by atoms with Crippen molar-refractivity contribution in [1.29, 1.82) is 0 Å². The van der Waals surface area contributed by atoms with Crippen LogP contribution in [0.15, 0.2) is 40.1 Å². The molecule has 2 rings (SSSR count). The Hall–Kier alpha value is -2.41. The number of aliphatic imine (C=N–C) groups is 1. The first-order valence-corrected chi connectivity index (χ1v) is 8.15. The van der Waals surface area contributed by atoms with Crippen molar-refractivity contribution in [3.8, 4) is 0 Å². The molecular formula is C17H25N5O2. The fourth-order valence-electron chi connectivity index (χ4n) is 2.07. The first-order chi connectivity index (χ1) is 11.6. The first-order valence-electron chi connectivity index (χ1n) is 8.15. The van der Waals surface area contributed by atoms with Crippen molar-refractivity contribution in [2.24, 2.45) is 4.99 Å². The minimum Gasteiger partial charge on any atom is -0.387 e. The second-order valence-corrected chi connectivity index (χ2v) is 5.75. The number of aliphatic hydroxyl groups excluding tert-OH is 1. The number of guanidine groups is 1. The summed E-state index contributed by atoms with van der Waals surface area (Å²) >= 11 is 0. The predicted molar refractivity (Wildman–Crippen MR) is 92.6 cm³/mol. The summed E-state index contributed by atoms with van der Waals surface area (Å²) in [5, 5.41) is 20.5. The van der Waals surface area contributed by atoms with Crippen LogP contribution in [0.5, 0.6) is 0 Å². The topological polar surface area (TPSA) is 95.6 Å². The van der Waals surface area contributed by atoms with Crippen molar-refractivity contribution in [2.75, 3.05) is 13.1 Å². The van der Waals surface area contributed by atoms with Crippen LogP contribution in [0.25, 0.3) is 0 Å². The minimum absolute atomic E-state index is 0.327. The quantitative estimate of drug-likeness (QED) is 0.530. The van der Waals surface area contributed by atoms with Crippen LogP contribution < -0.4 is 10.6 Å². The van der Waals surface area contributed by atoms with Crippen molar-refractivity contribution in [1.82, 2.24) is 20.8 Å².